The SMILES string of the molecule is Cc1cccc2c1CNC2(F)C=O. The monoisotopic (exact) mass is 179 g/mol. The molecule has 0 radical (unpaired) electrons. The highest BCUT2D eigenvalue weighted by Gasteiger charge is 2.38. The molecular formula is C10H10FNO. The first kappa shape index (κ1) is 8.38. The largest absolute Gasteiger partial charge is 0.298 e. The van der Waals surface area contributed by atoms with E-state index < -0.39 is 5.79 Å². The lowest BCUT2D eigenvalue weighted by Crippen LogP contribution is -2.32. The number of alkyl halides is 1. The second-order valence-electron chi connectivity index (χ2n) is 3.28. The van der Waals surface area contributed by atoms with Gasteiger partial charge in [0.2, 0.25) is 5.79 Å². The summed E-state index contributed by atoms with van der Waals surface area (Å²) < 4.78 is 13.7. The summed E-state index contributed by atoms with van der Waals surface area (Å²) in [6, 6.07) is 5.33. The fourth-order valence-corrected chi connectivity index (χ4v) is 1.70. The Balaban J connectivity index is 2.61. The lowest BCUT2D eigenvalue weighted by Gasteiger charge is -2.12. The molecule has 0 saturated heterocycles. The van der Waals surface area contributed by atoms with Gasteiger partial charge in [-0.15, -0.1) is 0 Å². The highest BCUT2D eigenvalue weighted by molar-refractivity contribution is 5.68. The van der Waals surface area contributed by atoms with Crippen LogP contribution in [0.3, 0.4) is 0 Å². The van der Waals surface area contributed by atoms with E-state index >= 15 is 0 Å². The topological polar surface area (TPSA) is 29.1 Å². The van der Waals surface area contributed by atoms with Crippen LogP contribution in [0.4, 0.5) is 4.39 Å². The minimum absolute atomic E-state index is 0.318. The molecule has 0 fully saturated rings. The molecule has 1 aromatic rings. The molecule has 2 nitrogen and oxygen atoms in total. The van der Waals surface area contributed by atoms with Crippen molar-refractivity contribution < 1.29 is 9.18 Å². The van der Waals surface area contributed by atoms with Gasteiger partial charge in [0, 0.05) is 12.1 Å². The van der Waals surface area contributed by atoms with Crippen LogP contribution in [-0.2, 0) is 17.1 Å². The van der Waals surface area contributed by atoms with Gasteiger partial charge < -0.3 is 0 Å². The number of aldehydes is 1. The van der Waals surface area contributed by atoms with Crippen LogP contribution in [0.1, 0.15) is 16.7 Å². The van der Waals surface area contributed by atoms with Gasteiger partial charge in [0.25, 0.3) is 0 Å². The highest BCUT2D eigenvalue weighted by Crippen LogP contribution is 2.32. The number of halogens is 1. The molecule has 13 heavy (non-hydrogen) atoms. The number of hydrogen-bond donors (Lipinski definition) is 1. The normalized spacial score (nSPS) is 25.7. The zero-order valence-corrected chi connectivity index (χ0v) is 7.30. The standard InChI is InChI=1S/C10H10FNO/c1-7-3-2-4-9-8(7)5-12-10(9,11)6-13/h2-4,6,12H,5H2,1H3. The van der Waals surface area contributed by atoms with Crippen molar-refractivity contribution in [1.29, 1.82) is 0 Å². The number of fused-ring (bicyclic) bond motifs is 1. The molecule has 3 heteroatoms. The van der Waals surface area contributed by atoms with Crippen LogP contribution in [0.2, 0.25) is 0 Å². The molecule has 1 N–H and O–H groups in total. The molecule has 2 rings (SSSR count). The van der Waals surface area contributed by atoms with Crippen molar-refractivity contribution in [3.63, 3.8) is 0 Å². The van der Waals surface area contributed by atoms with Crippen LogP contribution >= 0.6 is 0 Å². The van der Waals surface area contributed by atoms with Gasteiger partial charge in [-0.2, -0.15) is 0 Å². The second-order valence-corrected chi connectivity index (χ2v) is 3.28. The fraction of sp³-hybridized carbons (Fsp3) is 0.300. The van der Waals surface area contributed by atoms with Crippen molar-refractivity contribution in [2.24, 2.45) is 0 Å². The first-order chi connectivity index (χ1) is 6.17. The maximum atomic E-state index is 13.7. The molecule has 0 saturated carbocycles. The number of aryl methyl sites for hydroxylation is 1. The van der Waals surface area contributed by atoms with Crippen molar-refractivity contribution in [2.75, 3.05) is 0 Å². The predicted octanol–water partition coefficient (Wildman–Crippen LogP) is 1.42. The molecule has 0 spiro atoms. The van der Waals surface area contributed by atoms with Crippen LogP contribution in [0.25, 0.3) is 0 Å². The summed E-state index contributed by atoms with van der Waals surface area (Å²) in [5.74, 6) is -1.97. The van der Waals surface area contributed by atoms with Crippen molar-refractivity contribution in [3.05, 3.63) is 34.9 Å². The Morgan fingerprint density at radius 3 is 3.08 bits per heavy atom. The van der Waals surface area contributed by atoms with Crippen molar-refractivity contribution in [1.82, 2.24) is 5.32 Å². The van der Waals surface area contributed by atoms with Gasteiger partial charge in [-0.1, -0.05) is 18.2 Å². The third-order valence-corrected chi connectivity index (χ3v) is 2.49. The maximum absolute atomic E-state index is 13.7. The van der Waals surface area contributed by atoms with E-state index in [1.54, 1.807) is 12.1 Å². The lowest BCUT2D eigenvalue weighted by molar-refractivity contribution is -0.119. The Bertz CT molecular complexity index is 364. The molecule has 0 aromatic heterocycles. The van der Waals surface area contributed by atoms with Crippen LogP contribution < -0.4 is 5.32 Å². The average molecular weight is 179 g/mol. The Morgan fingerprint density at radius 2 is 2.38 bits per heavy atom. The molecule has 1 aliphatic heterocycles. The maximum Gasteiger partial charge on any atom is 0.243 e. The van der Waals surface area contributed by atoms with E-state index in [-0.39, 0.29) is 0 Å². The Kier molecular flexibility index (Phi) is 1.70. The highest BCUT2D eigenvalue weighted by atomic mass is 19.1. The number of carbonyl (C=O) groups excluding carboxylic acids is 1. The molecule has 0 aliphatic carbocycles. The Hall–Kier alpha value is -1.22. The third-order valence-electron chi connectivity index (χ3n) is 2.49. The molecule has 1 aliphatic rings. The quantitative estimate of drug-likeness (QED) is 0.521. The Morgan fingerprint density at radius 1 is 1.62 bits per heavy atom. The Labute approximate surface area is 75.8 Å². The lowest BCUT2D eigenvalue weighted by atomic mass is 10.0. The number of hydrogen-bond acceptors (Lipinski definition) is 2. The van der Waals surface area contributed by atoms with Gasteiger partial charge in [-0.25, -0.2) is 4.39 Å². The molecular weight excluding hydrogens is 169 g/mol. The average Bonchev–Trinajstić information content (AvgIpc) is 2.47. The van der Waals surface area contributed by atoms with Crippen molar-refractivity contribution >= 4 is 6.29 Å². The summed E-state index contributed by atoms with van der Waals surface area (Å²) in [5, 5.41) is 2.55. The summed E-state index contributed by atoms with van der Waals surface area (Å²) in [6.45, 7) is 2.34. The van der Waals surface area contributed by atoms with E-state index in [0.29, 0.717) is 18.4 Å². The van der Waals surface area contributed by atoms with Crippen LogP contribution in [0.15, 0.2) is 18.2 Å². The zero-order valence-electron chi connectivity index (χ0n) is 7.30. The molecule has 1 atom stereocenters. The van der Waals surface area contributed by atoms with E-state index in [1.807, 2.05) is 13.0 Å². The van der Waals surface area contributed by atoms with Gasteiger partial charge in [0.1, 0.15) is 0 Å². The molecule has 1 aromatic carbocycles. The summed E-state index contributed by atoms with van der Waals surface area (Å²) in [7, 11) is 0. The summed E-state index contributed by atoms with van der Waals surface area (Å²) in [4.78, 5) is 10.6. The molecule has 68 valence electrons. The molecule has 1 heterocycles. The third kappa shape index (κ3) is 1.08. The first-order valence-corrected chi connectivity index (χ1v) is 4.16. The van der Waals surface area contributed by atoms with Crippen LogP contribution in [0, 0.1) is 6.92 Å². The van der Waals surface area contributed by atoms with E-state index in [1.165, 1.54) is 0 Å². The molecule has 0 bridgehead atoms. The van der Waals surface area contributed by atoms with E-state index in [2.05, 4.69) is 5.32 Å². The van der Waals surface area contributed by atoms with Gasteiger partial charge >= 0.3 is 0 Å². The van der Waals surface area contributed by atoms with E-state index in [9.17, 15) is 9.18 Å². The number of nitrogens with one attached hydrogen (secondary N) is 1. The summed E-state index contributed by atoms with van der Waals surface area (Å²) >= 11 is 0. The van der Waals surface area contributed by atoms with Crippen LogP contribution in [-0.4, -0.2) is 6.29 Å². The minimum atomic E-state index is -1.97. The smallest absolute Gasteiger partial charge is 0.243 e. The van der Waals surface area contributed by atoms with Gasteiger partial charge in [-0.3, -0.25) is 10.1 Å². The summed E-state index contributed by atoms with van der Waals surface area (Å²) in [6.07, 6.45) is 0.318. The van der Waals surface area contributed by atoms with Crippen molar-refractivity contribution in [2.45, 2.75) is 19.3 Å². The fourth-order valence-electron chi connectivity index (χ4n) is 1.70. The zero-order chi connectivity index (χ0) is 9.47. The summed E-state index contributed by atoms with van der Waals surface area (Å²) in [5.41, 5.74) is 2.38. The number of rotatable bonds is 1. The van der Waals surface area contributed by atoms with E-state index in [0.717, 1.165) is 11.1 Å². The number of benzene rings is 1. The molecule has 0 amide bonds. The first-order valence-electron chi connectivity index (χ1n) is 4.16. The molecule has 1 unspecified atom stereocenters. The second kappa shape index (κ2) is 2.64. The van der Waals surface area contributed by atoms with Gasteiger partial charge in [0.15, 0.2) is 6.29 Å². The van der Waals surface area contributed by atoms with Gasteiger partial charge in [-0.05, 0) is 18.1 Å². The predicted molar refractivity (Wildman–Crippen MR) is 46.9 cm³/mol. The van der Waals surface area contributed by atoms with E-state index in [4.69, 9.17) is 0 Å². The van der Waals surface area contributed by atoms with Gasteiger partial charge in [0.05, 0.1) is 0 Å². The van der Waals surface area contributed by atoms with Crippen molar-refractivity contribution in [3.8, 4) is 0 Å². The van der Waals surface area contributed by atoms with Crippen LogP contribution in [0.5, 0.6) is 0 Å². The minimum Gasteiger partial charge on any atom is -0.298 e. The number of carbonyl (C=O) groups is 1.